The summed E-state index contributed by atoms with van der Waals surface area (Å²) in [5, 5.41) is 2.78. The van der Waals surface area contributed by atoms with Gasteiger partial charge in [0.25, 0.3) is 0 Å². The molecule has 3 aromatic carbocycles. The normalized spacial score (nSPS) is 12.5. The largest absolute Gasteiger partial charge is 0.289 e. The zero-order chi connectivity index (χ0) is 19.1. The van der Waals surface area contributed by atoms with Gasteiger partial charge in [0, 0.05) is 11.1 Å². The number of rotatable bonds is 5. The van der Waals surface area contributed by atoms with Gasteiger partial charge in [-0.25, -0.2) is 0 Å². The number of hydrogen-bond acceptors (Lipinski definition) is 2. The smallest absolute Gasteiger partial charge is 0.212 e. The number of carbonyl (C=O) groups excluding carboxylic acids is 1. The quantitative estimate of drug-likeness (QED) is 0.372. The predicted molar refractivity (Wildman–Crippen MR) is 112 cm³/mol. The summed E-state index contributed by atoms with van der Waals surface area (Å²) in [4.78, 5) is 12.5. The number of ketones is 1. The lowest BCUT2D eigenvalue weighted by atomic mass is 10.0. The summed E-state index contributed by atoms with van der Waals surface area (Å²) in [6.45, 7) is 0. The summed E-state index contributed by atoms with van der Waals surface area (Å²) in [5.41, 5.74) is 3.73. The molecule has 0 N–H and O–H groups in total. The van der Waals surface area contributed by atoms with Crippen LogP contribution in [0.2, 0.25) is 0 Å². The summed E-state index contributed by atoms with van der Waals surface area (Å²) in [7, 11) is -2.55. The number of carbonyl (C=O) groups is 1. The lowest BCUT2D eigenvalue weighted by molar-refractivity contribution is 0.102. The van der Waals surface area contributed by atoms with Crippen LogP contribution in [0.1, 0.15) is 27.0 Å². The number of benzene rings is 3. The zero-order valence-electron chi connectivity index (χ0n) is 15.2. The molecule has 134 valence electrons. The van der Waals surface area contributed by atoms with Gasteiger partial charge in [0.15, 0.2) is 20.9 Å². The van der Waals surface area contributed by atoms with E-state index in [4.69, 9.17) is 0 Å². The van der Waals surface area contributed by atoms with Gasteiger partial charge in [-0.3, -0.25) is 4.79 Å². The molecule has 0 aliphatic rings. The lowest BCUT2D eigenvalue weighted by Crippen LogP contribution is -2.19. The van der Waals surface area contributed by atoms with E-state index < -0.39 is 9.93 Å². The second-order valence-electron chi connectivity index (χ2n) is 6.52. The van der Waals surface area contributed by atoms with E-state index in [1.807, 2.05) is 60.7 Å². The van der Waals surface area contributed by atoms with Gasteiger partial charge in [0.05, 0.1) is 0 Å². The molecule has 0 radical (unpaired) electrons. The molecule has 1 unspecified atom stereocenters. The molecule has 0 fully saturated rings. The molecule has 3 heteroatoms. The van der Waals surface area contributed by atoms with Gasteiger partial charge >= 0.3 is 0 Å². The van der Waals surface area contributed by atoms with E-state index in [1.54, 1.807) is 18.4 Å². The van der Waals surface area contributed by atoms with E-state index in [-0.39, 0.29) is 11.5 Å². The Morgan fingerprint density at radius 2 is 1.37 bits per heavy atom. The fraction of sp³-hybridized carbons (Fsp3) is 0.125. The summed E-state index contributed by atoms with van der Waals surface area (Å²) in [6.07, 6.45) is 2.37. The molecular weight excluding hydrogens is 352 g/mol. The fourth-order valence-corrected chi connectivity index (χ4v) is 3.77. The standard InChI is InChI=1S/C24H21O2S/c1-27(26,17-16-20-8-4-2-5-9-20)19-24(25)23-14-12-22(13-15-23)18-21-10-6-3-7-11-21/h2-15H,18-19H2,1H3/q+1. The summed E-state index contributed by atoms with van der Waals surface area (Å²) < 4.78 is 12.7. The molecule has 0 heterocycles. The SMILES string of the molecule is C[S+](=O)(C#Cc1ccccc1)CC(=O)c1ccc(Cc2ccccc2)cc1. The first-order valence-corrected chi connectivity index (χ1v) is 10.9. The molecule has 0 saturated carbocycles. The van der Waals surface area contributed by atoms with Crippen LogP contribution in [0.3, 0.4) is 0 Å². The molecule has 0 bridgehead atoms. The monoisotopic (exact) mass is 373 g/mol. The molecule has 0 amide bonds. The Morgan fingerprint density at radius 1 is 0.815 bits per heavy atom. The van der Waals surface area contributed by atoms with Gasteiger partial charge in [0.1, 0.15) is 6.26 Å². The van der Waals surface area contributed by atoms with Crippen molar-refractivity contribution in [1.29, 1.82) is 0 Å². The molecule has 2 nitrogen and oxygen atoms in total. The maximum Gasteiger partial charge on any atom is 0.212 e. The molecule has 1 atom stereocenters. The van der Waals surface area contributed by atoms with Crippen LogP contribution < -0.4 is 0 Å². The van der Waals surface area contributed by atoms with E-state index in [0.29, 0.717) is 5.56 Å². The molecule has 0 aromatic heterocycles. The minimum absolute atomic E-state index is 0.0646. The average Bonchev–Trinajstić information content (AvgIpc) is 2.68. The molecule has 0 aliphatic carbocycles. The minimum Gasteiger partial charge on any atom is -0.289 e. The molecule has 3 aromatic rings. The van der Waals surface area contributed by atoms with Crippen LogP contribution in [-0.2, 0) is 20.6 Å². The highest BCUT2D eigenvalue weighted by atomic mass is 32.2. The highest BCUT2D eigenvalue weighted by Gasteiger charge is 2.24. The van der Waals surface area contributed by atoms with Crippen molar-refractivity contribution in [3.8, 4) is 11.2 Å². The Hall–Kier alpha value is -2.96. The number of Topliss-reactive ketones (excluding diaryl/α,β-unsaturated/α-hetero) is 1. The van der Waals surface area contributed by atoms with Crippen molar-refractivity contribution >= 4 is 15.7 Å². The molecule has 0 aliphatic heterocycles. The fourth-order valence-electron chi connectivity index (χ4n) is 2.70. The third-order valence-electron chi connectivity index (χ3n) is 4.12. The molecular formula is C24H21O2S+. The Kier molecular flexibility index (Phi) is 6.01. The van der Waals surface area contributed by atoms with E-state index in [9.17, 15) is 9.00 Å². The van der Waals surface area contributed by atoms with Crippen molar-refractivity contribution in [3.05, 3.63) is 107 Å². The van der Waals surface area contributed by atoms with Gasteiger partial charge < -0.3 is 0 Å². The van der Waals surface area contributed by atoms with E-state index in [2.05, 4.69) is 23.3 Å². The third-order valence-corrected chi connectivity index (χ3v) is 5.47. The topological polar surface area (TPSA) is 34.1 Å². The van der Waals surface area contributed by atoms with Crippen molar-refractivity contribution < 1.29 is 9.00 Å². The van der Waals surface area contributed by atoms with Crippen LogP contribution in [0.15, 0.2) is 84.9 Å². The van der Waals surface area contributed by atoms with Crippen LogP contribution in [0.5, 0.6) is 0 Å². The first-order chi connectivity index (χ1) is 13.0. The van der Waals surface area contributed by atoms with Gasteiger partial charge in [-0.2, -0.15) is 0 Å². The van der Waals surface area contributed by atoms with Crippen LogP contribution in [0.25, 0.3) is 0 Å². The Balaban J connectivity index is 1.65. The van der Waals surface area contributed by atoms with Crippen molar-refractivity contribution in [2.45, 2.75) is 6.42 Å². The maximum atomic E-state index is 12.7. The average molecular weight is 373 g/mol. The van der Waals surface area contributed by atoms with Crippen LogP contribution >= 0.6 is 0 Å². The minimum atomic E-state index is -2.55. The Labute approximate surface area is 161 Å². The Morgan fingerprint density at radius 3 is 2.00 bits per heavy atom. The van der Waals surface area contributed by atoms with E-state index in [1.165, 1.54) is 5.56 Å². The highest BCUT2D eigenvalue weighted by Crippen LogP contribution is 2.13. The second kappa shape index (κ2) is 8.62. The van der Waals surface area contributed by atoms with Crippen LogP contribution in [0.4, 0.5) is 0 Å². The van der Waals surface area contributed by atoms with Gasteiger partial charge in [-0.05, 0) is 35.6 Å². The molecule has 0 spiro atoms. The van der Waals surface area contributed by atoms with Crippen molar-refractivity contribution in [1.82, 2.24) is 0 Å². The van der Waals surface area contributed by atoms with E-state index in [0.717, 1.165) is 17.5 Å². The maximum absolute atomic E-state index is 12.7. The molecule has 0 saturated heterocycles. The lowest BCUT2D eigenvalue weighted by Gasteiger charge is -2.04. The molecule has 3 rings (SSSR count). The number of hydrogen-bond donors (Lipinski definition) is 0. The summed E-state index contributed by atoms with van der Waals surface area (Å²) >= 11 is 0. The summed E-state index contributed by atoms with van der Waals surface area (Å²) in [6, 6.07) is 27.1. The van der Waals surface area contributed by atoms with Crippen molar-refractivity contribution in [2.24, 2.45) is 0 Å². The van der Waals surface area contributed by atoms with Crippen molar-refractivity contribution in [2.75, 3.05) is 12.0 Å². The van der Waals surface area contributed by atoms with Gasteiger partial charge in [-0.15, -0.1) is 0 Å². The first-order valence-electron chi connectivity index (χ1n) is 8.73. The molecule has 27 heavy (non-hydrogen) atoms. The third kappa shape index (κ3) is 5.77. The van der Waals surface area contributed by atoms with Gasteiger partial charge in [-0.1, -0.05) is 77.0 Å². The van der Waals surface area contributed by atoms with Gasteiger partial charge in [0.2, 0.25) is 5.78 Å². The second-order valence-corrected chi connectivity index (χ2v) is 9.03. The van der Waals surface area contributed by atoms with Crippen molar-refractivity contribution in [3.63, 3.8) is 0 Å². The van der Waals surface area contributed by atoms with Crippen LogP contribution in [0, 0.1) is 11.2 Å². The van der Waals surface area contributed by atoms with E-state index >= 15 is 0 Å². The zero-order valence-corrected chi connectivity index (χ0v) is 16.0. The first kappa shape index (κ1) is 18.8. The predicted octanol–water partition coefficient (Wildman–Crippen LogP) is 4.60. The summed E-state index contributed by atoms with van der Waals surface area (Å²) in [5.74, 6) is 2.69. The van der Waals surface area contributed by atoms with Crippen LogP contribution in [-0.4, -0.2) is 17.8 Å². The highest BCUT2D eigenvalue weighted by molar-refractivity contribution is 8.07. The Bertz CT molecular complexity index is 1010.